The first-order chi connectivity index (χ1) is 9.94. The van der Waals surface area contributed by atoms with Crippen LogP contribution in [0, 0.1) is 13.8 Å². The van der Waals surface area contributed by atoms with Crippen molar-refractivity contribution in [3.8, 4) is 0 Å². The van der Waals surface area contributed by atoms with Gasteiger partial charge in [-0.1, -0.05) is 17.8 Å². The molecule has 0 saturated heterocycles. The van der Waals surface area contributed by atoms with E-state index in [-0.39, 0.29) is 23.0 Å². The van der Waals surface area contributed by atoms with E-state index in [4.69, 9.17) is 5.73 Å². The molecule has 21 heavy (non-hydrogen) atoms. The van der Waals surface area contributed by atoms with Gasteiger partial charge in [-0.2, -0.15) is 0 Å². The van der Waals surface area contributed by atoms with Crippen LogP contribution in [0.25, 0.3) is 0 Å². The third kappa shape index (κ3) is 4.35. The van der Waals surface area contributed by atoms with Gasteiger partial charge in [-0.3, -0.25) is 9.59 Å². The van der Waals surface area contributed by atoms with Crippen molar-refractivity contribution in [1.29, 1.82) is 0 Å². The van der Waals surface area contributed by atoms with Crippen LogP contribution in [-0.4, -0.2) is 21.6 Å². The second kappa shape index (κ2) is 6.45. The molecule has 2 aromatic rings. The lowest BCUT2D eigenvalue weighted by atomic mass is 10.1. The highest BCUT2D eigenvalue weighted by atomic mass is 32.2. The minimum Gasteiger partial charge on any atom is -0.383 e. The summed E-state index contributed by atoms with van der Waals surface area (Å²) in [6.45, 7) is 4.00. The molecule has 0 radical (unpaired) electrons. The van der Waals surface area contributed by atoms with Crippen molar-refractivity contribution < 1.29 is 4.79 Å². The summed E-state index contributed by atoms with van der Waals surface area (Å²) >= 11 is 1.12. The van der Waals surface area contributed by atoms with Crippen molar-refractivity contribution in [3.05, 3.63) is 45.7 Å². The molecule has 110 valence electrons. The van der Waals surface area contributed by atoms with E-state index in [9.17, 15) is 9.59 Å². The topological polar surface area (TPSA) is 101 Å². The molecule has 7 heteroatoms. The number of amides is 1. The van der Waals surface area contributed by atoms with Crippen molar-refractivity contribution in [1.82, 2.24) is 9.97 Å². The van der Waals surface area contributed by atoms with Crippen LogP contribution < -0.4 is 16.6 Å². The van der Waals surface area contributed by atoms with Crippen molar-refractivity contribution in [3.63, 3.8) is 0 Å². The molecule has 0 fully saturated rings. The van der Waals surface area contributed by atoms with Crippen LogP contribution in [0.5, 0.6) is 0 Å². The number of nitrogens with zero attached hydrogens (tertiary/aromatic N) is 1. The fourth-order valence-corrected chi connectivity index (χ4v) is 2.35. The highest BCUT2D eigenvalue weighted by Crippen LogP contribution is 2.16. The summed E-state index contributed by atoms with van der Waals surface area (Å²) in [6.07, 6.45) is 0. The number of thioether (sulfide) groups is 1. The number of carbonyl (C=O) groups is 1. The van der Waals surface area contributed by atoms with E-state index in [1.165, 1.54) is 11.6 Å². The summed E-state index contributed by atoms with van der Waals surface area (Å²) in [5.74, 6) is 0.100. The Morgan fingerprint density at radius 1 is 1.33 bits per heavy atom. The molecule has 0 aliphatic heterocycles. The molecule has 0 aliphatic carbocycles. The first-order valence-electron chi connectivity index (χ1n) is 6.31. The van der Waals surface area contributed by atoms with Gasteiger partial charge in [0.25, 0.3) is 5.56 Å². The van der Waals surface area contributed by atoms with Gasteiger partial charge in [-0.15, -0.1) is 0 Å². The third-order valence-corrected chi connectivity index (χ3v) is 3.74. The van der Waals surface area contributed by atoms with Crippen LogP contribution in [0.15, 0.2) is 34.2 Å². The molecule has 0 atom stereocenters. The average Bonchev–Trinajstić information content (AvgIpc) is 2.40. The van der Waals surface area contributed by atoms with Crippen LogP contribution in [-0.2, 0) is 4.79 Å². The second-order valence-corrected chi connectivity index (χ2v) is 5.58. The Kier molecular flexibility index (Phi) is 4.64. The number of carbonyl (C=O) groups excluding carboxylic acids is 1. The zero-order valence-corrected chi connectivity index (χ0v) is 12.6. The highest BCUT2D eigenvalue weighted by molar-refractivity contribution is 7.99. The number of anilines is 2. The molecule has 1 aromatic carbocycles. The Bertz CT molecular complexity index is 727. The fourth-order valence-electron chi connectivity index (χ4n) is 1.67. The number of nitrogen functional groups attached to an aromatic ring is 1. The number of nitrogens with one attached hydrogen (secondary N) is 2. The van der Waals surface area contributed by atoms with Crippen LogP contribution in [0.3, 0.4) is 0 Å². The number of aromatic amines is 1. The van der Waals surface area contributed by atoms with Crippen LogP contribution in [0.2, 0.25) is 0 Å². The number of aryl methyl sites for hydroxylation is 2. The molecule has 0 spiro atoms. The predicted molar refractivity (Wildman–Crippen MR) is 84.5 cm³/mol. The van der Waals surface area contributed by atoms with Crippen molar-refractivity contribution in [2.45, 2.75) is 19.0 Å². The summed E-state index contributed by atoms with van der Waals surface area (Å²) < 4.78 is 0. The van der Waals surface area contributed by atoms with Gasteiger partial charge in [0.1, 0.15) is 5.82 Å². The van der Waals surface area contributed by atoms with E-state index in [1.54, 1.807) is 0 Å². The maximum atomic E-state index is 11.9. The largest absolute Gasteiger partial charge is 0.383 e. The standard InChI is InChI=1S/C14H16N4O2S/c1-8-3-4-10(5-9(8)2)16-13(20)7-21-14-17-11(15)6-12(19)18-14/h3-6H,7H2,1-2H3,(H,16,20)(H3,15,17,18,19). The van der Waals surface area contributed by atoms with E-state index in [1.807, 2.05) is 32.0 Å². The molecule has 0 bridgehead atoms. The number of benzene rings is 1. The molecule has 1 heterocycles. The zero-order valence-electron chi connectivity index (χ0n) is 11.8. The maximum Gasteiger partial charge on any atom is 0.253 e. The molecule has 0 unspecified atom stereocenters. The first-order valence-corrected chi connectivity index (χ1v) is 7.29. The summed E-state index contributed by atoms with van der Waals surface area (Å²) in [4.78, 5) is 29.6. The Hall–Kier alpha value is -2.28. The number of nitrogens with two attached hydrogens (primary N) is 1. The molecule has 2 rings (SSSR count). The van der Waals surface area contributed by atoms with Crippen LogP contribution in [0.1, 0.15) is 11.1 Å². The fraction of sp³-hybridized carbons (Fsp3) is 0.214. The van der Waals surface area contributed by atoms with E-state index >= 15 is 0 Å². The second-order valence-electron chi connectivity index (χ2n) is 4.61. The van der Waals surface area contributed by atoms with E-state index < -0.39 is 0 Å². The number of hydrogen-bond acceptors (Lipinski definition) is 5. The number of hydrogen-bond donors (Lipinski definition) is 3. The monoisotopic (exact) mass is 304 g/mol. The number of rotatable bonds is 4. The highest BCUT2D eigenvalue weighted by Gasteiger charge is 2.06. The molecule has 0 aliphatic rings. The van der Waals surface area contributed by atoms with Gasteiger partial charge in [0.05, 0.1) is 5.75 Å². The summed E-state index contributed by atoms with van der Waals surface area (Å²) in [7, 11) is 0. The lowest BCUT2D eigenvalue weighted by molar-refractivity contribution is -0.113. The Balaban J connectivity index is 1.95. The van der Waals surface area contributed by atoms with Gasteiger partial charge in [0, 0.05) is 11.8 Å². The quantitative estimate of drug-likeness (QED) is 0.589. The summed E-state index contributed by atoms with van der Waals surface area (Å²) in [5.41, 5.74) is 8.17. The van der Waals surface area contributed by atoms with Gasteiger partial charge in [0.15, 0.2) is 5.16 Å². The normalized spacial score (nSPS) is 10.4. The Labute approximate surface area is 126 Å². The minimum absolute atomic E-state index is 0.135. The van der Waals surface area contributed by atoms with Gasteiger partial charge in [0.2, 0.25) is 5.91 Å². The minimum atomic E-state index is -0.334. The van der Waals surface area contributed by atoms with Crippen molar-refractivity contribution in [2.24, 2.45) is 0 Å². The molecular formula is C14H16N4O2S. The number of aromatic nitrogens is 2. The molecule has 6 nitrogen and oxygen atoms in total. The van der Waals surface area contributed by atoms with Gasteiger partial charge >= 0.3 is 0 Å². The maximum absolute atomic E-state index is 11.9. The van der Waals surface area contributed by atoms with E-state index in [0.717, 1.165) is 23.0 Å². The summed E-state index contributed by atoms with van der Waals surface area (Å²) in [5, 5.41) is 3.13. The lowest BCUT2D eigenvalue weighted by Gasteiger charge is -2.07. The van der Waals surface area contributed by atoms with Gasteiger partial charge < -0.3 is 16.0 Å². The van der Waals surface area contributed by atoms with E-state index in [2.05, 4.69) is 15.3 Å². The van der Waals surface area contributed by atoms with Crippen molar-refractivity contribution >= 4 is 29.2 Å². The molecule has 1 aromatic heterocycles. The third-order valence-electron chi connectivity index (χ3n) is 2.87. The lowest BCUT2D eigenvalue weighted by Crippen LogP contribution is -2.15. The van der Waals surface area contributed by atoms with Crippen LogP contribution in [0.4, 0.5) is 11.5 Å². The Morgan fingerprint density at radius 2 is 2.10 bits per heavy atom. The van der Waals surface area contributed by atoms with E-state index in [0.29, 0.717) is 5.16 Å². The predicted octanol–water partition coefficient (Wildman–Crippen LogP) is 1.70. The van der Waals surface area contributed by atoms with Crippen LogP contribution >= 0.6 is 11.8 Å². The van der Waals surface area contributed by atoms with Gasteiger partial charge in [-0.05, 0) is 37.1 Å². The molecule has 1 amide bonds. The first kappa shape index (κ1) is 15.1. The Morgan fingerprint density at radius 3 is 2.76 bits per heavy atom. The number of H-pyrrole nitrogens is 1. The molecule has 4 N–H and O–H groups in total. The smallest absolute Gasteiger partial charge is 0.253 e. The van der Waals surface area contributed by atoms with Crippen molar-refractivity contribution in [2.75, 3.05) is 16.8 Å². The SMILES string of the molecule is Cc1ccc(NC(=O)CSc2nc(N)cc(=O)[nH]2)cc1C. The van der Waals surface area contributed by atoms with Gasteiger partial charge in [-0.25, -0.2) is 4.98 Å². The zero-order chi connectivity index (χ0) is 15.4. The molecular weight excluding hydrogens is 288 g/mol. The average molecular weight is 304 g/mol. The summed E-state index contributed by atoms with van der Waals surface area (Å²) in [6, 6.07) is 6.91. The molecule has 0 saturated carbocycles.